The molecule has 0 bridgehead atoms. The highest BCUT2D eigenvalue weighted by atomic mass is 127. The van der Waals surface area contributed by atoms with Gasteiger partial charge >= 0.3 is 0 Å². The summed E-state index contributed by atoms with van der Waals surface area (Å²) in [5, 5.41) is 3.56. The molecule has 0 radical (unpaired) electrons. The molecule has 2 saturated heterocycles. The number of hydrogen-bond donors (Lipinski definition) is 1. The van der Waals surface area contributed by atoms with Gasteiger partial charge in [0.15, 0.2) is 5.96 Å². The van der Waals surface area contributed by atoms with E-state index in [0.29, 0.717) is 0 Å². The Kier molecular flexibility index (Phi) is 10.6. The first kappa shape index (κ1) is 25.1. The van der Waals surface area contributed by atoms with Gasteiger partial charge in [-0.15, -0.1) is 24.0 Å². The minimum absolute atomic E-state index is 0. The van der Waals surface area contributed by atoms with Gasteiger partial charge in [-0.25, -0.2) is 4.98 Å². The highest BCUT2D eigenvalue weighted by molar-refractivity contribution is 14.0. The Hall–Kier alpha value is -1.13. The Labute approximate surface area is 199 Å². The van der Waals surface area contributed by atoms with E-state index in [9.17, 15) is 0 Å². The van der Waals surface area contributed by atoms with Crippen LogP contribution >= 0.6 is 24.0 Å². The van der Waals surface area contributed by atoms with Crippen molar-refractivity contribution in [1.82, 2.24) is 20.1 Å². The molecule has 7 nitrogen and oxygen atoms in total. The SMILES string of the molecule is CCN(CC)CC1CCN(C(=NC)NCc2ccnc(N3CCOC(C)C3)c2)C1.I. The molecule has 3 rings (SSSR count). The van der Waals surface area contributed by atoms with E-state index in [1.807, 2.05) is 13.2 Å². The molecule has 2 fully saturated rings. The molecule has 170 valence electrons. The summed E-state index contributed by atoms with van der Waals surface area (Å²) in [6, 6.07) is 4.27. The molecule has 2 atom stereocenters. The van der Waals surface area contributed by atoms with E-state index in [2.05, 4.69) is 62.9 Å². The fourth-order valence-corrected chi connectivity index (χ4v) is 4.30. The van der Waals surface area contributed by atoms with Crippen LogP contribution in [0.2, 0.25) is 0 Å². The minimum Gasteiger partial charge on any atom is -0.375 e. The lowest BCUT2D eigenvalue weighted by atomic mass is 10.1. The van der Waals surface area contributed by atoms with Crippen LogP contribution in [0.25, 0.3) is 0 Å². The average molecular weight is 530 g/mol. The Bertz CT molecular complexity index is 669. The molecule has 3 heterocycles. The predicted octanol–water partition coefficient (Wildman–Crippen LogP) is 2.66. The van der Waals surface area contributed by atoms with Crippen LogP contribution in [0.1, 0.15) is 32.8 Å². The third kappa shape index (κ3) is 6.95. The summed E-state index contributed by atoms with van der Waals surface area (Å²) in [6.45, 7) is 15.6. The summed E-state index contributed by atoms with van der Waals surface area (Å²) >= 11 is 0. The molecule has 2 unspecified atom stereocenters. The molecule has 30 heavy (non-hydrogen) atoms. The number of aliphatic imine (C=N–C) groups is 1. The summed E-state index contributed by atoms with van der Waals surface area (Å²) in [4.78, 5) is 16.3. The maximum Gasteiger partial charge on any atom is 0.193 e. The van der Waals surface area contributed by atoms with Gasteiger partial charge in [-0.05, 0) is 50.0 Å². The summed E-state index contributed by atoms with van der Waals surface area (Å²) in [5.41, 5.74) is 1.23. The summed E-state index contributed by atoms with van der Waals surface area (Å²) in [6.07, 6.45) is 3.41. The number of rotatable bonds is 7. The van der Waals surface area contributed by atoms with Gasteiger partial charge in [0.1, 0.15) is 5.82 Å². The first-order valence-corrected chi connectivity index (χ1v) is 11.1. The van der Waals surface area contributed by atoms with Gasteiger partial charge in [0.2, 0.25) is 0 Å². The van der Waals surface area contributed by atoms with Crippen molar-refractivity contribution in [3.05, 3.63) is 23.9 Å². The molecular formula is C22H39IN6O. The first-order chi connectivity index (χ1) is 14.1. The van der Waals surface area contributed by atoms with Gasteiger partial charge in [-0.2, -0.15) is 0 Å². The molecule has 0 saturated carbocycles. The van der Waals surface area contributed by atoms with Crippen molar-refractivity contribution in [2.75, 3.05) is 64.4 Å². The van der Waals surface area contributed by atoms with Crippen LogP contribution in [-0.2, 0) is 11.3 Å². The number of hydrogen-bond acceptors (Lipinski definition) is 5. The van der Waals surface area contributed by atoms with Gasteiger partial charge in [0.05, 0.1) is 12.7 Å². The van der Waals surface area contributed by atoms with Gasteiger partial charge in [-0.1, -0.05) is 13.8 Å². The Morgan fingerprint density at radius 1 is 1.30 bits per heavy atom. The number of halogens is 1. The molecule has 1 aromatic rings. The maximum atomic E-state index is 5.65. The number of nitrogens with one attached hydrogen (secondary N) is 1. The van der Waals surface area contributed by atoms with E-state index in [1.165, 1.54) is 18.5 Å². The molecule has 1 N–H and O–H groups in total. The fraction of sp³-hybridized carbons (Fsp3) is 0.727. The van der Waals surface area contributed by atoms with Crippen LogP contribution in [0.4, 0.5) is 5.82 Å². The number of aromatic nitrogens is 1. The second-order valence-electron chi connectivity index (χ2n) is 8.14. The highest BCUT2D eigenvalue weighted by Crippen LogP contribution is 2.19. The van der Waals surface area contributed by atoms with E-state index in [4.69, 9.17) is 4.74 Å². The predicted molar refractivity (Wildman–Crippen MR) is 135 cm³/mol. The number of likely N-dealkylation sites (tertiary alicyclic amines) is 1. The second-order valence-corrected chi connectivity index (χ2v) is 8.14. The zero-order valence-electron chi connectivity index (χ0n) is 19.0. The van der Waals surface area contributed by atoms with Crippen LogP contribution in [0.5, 0.6) is 0 Å². The quantitative estimate of drug-likeness (QED) is 0.333. The van der Waals surface area contributed by atoms with E-state index < -0.39 is 0 Å². The van der Waals surface area contributed by atoms with Crippen LogP contribution in [0.15, 0.2) is 23.3 Å². The van der Waals surface area contributed by atoms with Crippen LogP contribution in [-0.4, -0.2) is 86.3 Å². The van der Waals surface area contributed by atoms with Crippen molar-refractivity contribution in [2.45, 2.75) is 39.8 Å². The van der Waals surface area contributed by atoms with Crippen molar-refractivity contribution in [2.24, 2.45) is 10.9 Å². The smallest absolute Gasteiger partial charge is 0.193 e. The zero-order chi connectivity index (χ0) is 20.6. The Morgan fingerprint density at radius 3 is 2.80 bits per heavy atom. The lowest BCUT2D eigenvalue weighted by molar-refractivity contribution is 0.0529. The van der Waals surface area contributed by atoms with E-state index in [0.717, 1.165) is 70.1 Å². The maximum absolute atomic E-state index is 5.65. The molecule has 0 aromatic carbocycles. The lowest BCUT2D eigenvalue weighted by Gasteiger charge is -2.32. The molecular weight excluding hydrogens is 491 g/mol. The lowest BCUT2D eigenvalue weighted by Crippen LogP contribution is -2.42. The molecule has 0 spiro atoms. The van der Waals surface area contributed by atoms with Crippen molar-refractivity contribution >= 4 is 35.8 Å². The number of pyridine rings is 1. The number of ether oxygens (including phenoxy) is 1. The second kappa shape index (κ2) is 12.7. The number of guanidine groups is 1. The van der Waals surface area contributed by atoms with Crippen molar-refractivity contribution in [3.8, 4) is 0 Å². The van der Waals surface area contributed by atoms with E-state index in [1.54, 1.807) is 0 Å². The van der Waals surface area contributed by atoms with Crippen molar-refractivity contribution in [1.29, 1.82) is 0 Å². The molecule has 0 aliphatic carbocycles. The van der Waals surface area contributed by atoms with E-state index in [-0.39, 0.29) is 30.1 Å². The molecule has 2 aliphatic heterocycles. The average Bonchev–Trinajstić information content (AvgIpc) is 3.21. The van der Waals surface area contributed by atoms with E-state index >= 15 is 0 Å². The molecule has 0 amide bonds. The Balaban J connectivity index is 0.00000320. The zero-order valence-corrected chi connectivity index (χ0v) is 21.3. The number of morpholine rings is 1. The third-order valence-electron chi connectivity index (χ3n) is 6.03. The molecule has 8 heteroatoms. The first-order valence-electron chi connectivity index (χ1n) is 11.1. The standard InChI is InChI=1S/C22H38N6O.HI/c1-5-26(6-2)16-20-8-10-28(17-20)22(23-4)25-14-19-7-9-24-21(13-19)27-11-12-29-18(3)15-27;/h7,9,13,18,20H,5-6,8,10-12,14-17H2,1-4H3,(H,23,25);1H. The summed E-state index contributed by atoms with van der Waals surface area (Å²) in [7, 11) is 1.88. The van der Waals surface area contributed by atoms with Gasteiger partial charge in [0, 0.05) is 52.5 Å². The van der Waals surface area contributed by atoms with Crippen LogP contribution in [0.3, 0.4) is 0 Å². The minimum atomic E-state index is 0. The topological polar surface area (TPSA) is 56.2 Å². The molecule has 1 aromatic heterocycles. The summed E-state index contributed by atoms with van der Waals surface area (Å²) < 4.78 is 5.65. The monoisotopic (exact) mass is 530 g/mol. The largest absolute Gasteiger partial charge is 0.375 e. The molecule has 2 aliphatic rings. The van der Waals surface area contributed by atoms with Gasteiger partial charge in [0.25, 0.3) is 0 Å². The van der Waals surface area contributed by atoms with Gasteiger partial charge in [-0.3, -0.25) is 4.99 Å². The number of anilines is 1. The van der Waals surface area contributed by atoms with Crippen molar-refractivity contribution < 1.29 is 4.74 Å². The summed E-state index contributed by atoms with van der Waals surface area (Å²) in [5.74, 6) is 2.77. The Morgan fingerprint density at radius 2 is 2.10 bits per heavy atom. The van der Waals surface area contributed by atoms with Gasteiger partial charge < -0.3 is 24.8 Å². The number of nitrogens with zero attached hydrogens (tertiary/aromatic N) is 5. The van der Waals surface area contributed by atoms with Crippen LogP contribution in [0, 0.1) is 5.92 Å². The van der Waals surface area contributed by atoms with Crippen LogP contribution < -0.4 is 10.2 Å². The third-order valence-corrected chi connectivity index (χ3v) is 6.03. The normalized spacial score (nSPS) is 22.4. The van der Waals surface area contributed by atoms with Crippen molar-refractivity contribution in [3.63, 3.8) is 0 Å². The highest BCUT2D eigenvalue weighted by Gasteiger charge is 2.26. The fourth-order valence-electron chi connectivity index (χ4n) is 4.30.